The zero-order valence-corrected chi connectivity index (χ0v) is 43.1. The number of allylic oxidation sites excluding steroid dienone is 6. The van der Waals surface area contributed by atoms with Crippen LogP contribution in [0.5, 0.6) is 0 Å². The molecule has 3 aliphatic heterocycles. The molecule has 390 valence electrons. The number of carbonyl (C=O) groups excluding carboxylic acids is 5. The zero-order valence-electron chi connectivity index (χ0n) is 42.2. The first kappa shape index (κ1) is 58.1. The van der Waals surface area contributed by atoms with Crippen LogP contribution >= 0.6 is 0 Å². The summed E-state index contributed by atoms with van der Waals surface area (Å²) in [5.41, 5.74) is 1.20. The molecule has 14 unspecified atom stereocenters. The Morgan fingerprint density at radius 3 is 2.22 bits per heavy atom. The lowest BCUT2D eigenvalue weighted by molar-refractivity contribution is -0.265. The van der Waals surface area contributed by atoms with E-state index < -0.39 is 106 Å². The molecule has 0 spiro atoms. The Labute approximate surface area is 409 Å². The standard InChI is InChI=1S/C51H79NO16S/c1-30-16-12-11-13-17-31(2)42(63-8)28-38-21-19-36(7)51(59,67-38)48(56)49(57)52-23-15-14-18-39(52)50(58)66-43(33(4)26-37-20-22-41(44(27-37)64-9)68-69(60,61)62)29-40(53)32(3)25-35(6)46(55)47(65-10)45(54)34(5)24-30/h11-13,16-17,25,30,32-34,36-39,41-44,46-47,55,59H,14-15,18-24,26-29H2,1-10H3,(H,60,61,62)/t30?,32?,33?,34?,36?,37?,38?,39?,41?,42?,43?,44?,46?,47?,51-/m1/s1. The van der Waals surface area contributed by atoms with Crippen LogP contribution in [-0.2, 0) is 62.2 Å². The van der Waals surface area contributed by atoms with Crippen LogP contribution < -0.4 is 0 Å². The van der Waals surface area contributed by atoms with Crippen LogP contribution in [0.1, 0.15) is 126 Å². The van der Waals surface area contributed by atoms with Crippen molar-refractivity contribution in [1.82, 2.24) is 4.90 Å². The number of fused-ring (bicyclic) bond motifs is 3. The molecule has 4 aliphatic rings. The van der Waals surface area contributed by atoms with Gasteiger partial charge in [0.15, 0.2) is 5.78 Å². The molecular weight excluding hydrogens is 915 g/mol. The average molecular weight is 994 g/mol. The van der Waals surface area contributed by atoms with Crippen molar-refractivity contribution in [2.24, 2.45) is 35.5 Å². The fraction of sp³-hybridized carbons (Fsp3) is 0.745. The van der Waals surface area contributed by atoms with Crippen LogP contribution in [0, 0.1) is 35.5 Å². The first-order chi connectivity index (χ1) is 32.4. The molecule has 0 aromatic rings. The monoisotopic (exact) mass is 994 g/mol. The van der Waals surface area contributed by atoms with Gasteiger partial charge in [0, 0.05) is 58.5 Å². The van der Waals surface area contributed by atoms with E-state index in [-0.39, 0.29) is 55.6 Å². The molecule has 15 atom stereocenters. The van der Waals surface area contributed by atoms with E-state index in [2.05, 4.69) is 0 Å². The molecule has 17 nitrogen and oxygen atoms in total. The summed E-state index contributed by atoms with van der Waals surface area (Å²) in [6, 6.07) is -1.21. The van der Waals surface area contributed by atoms with Crippen molar-refractivity contribution in [2.45, 2.75) is 180 Å². The summed E-state index contributed by atoms with van der Waals surface area (Å²) in [5.74, 6) is -8.80. The number of rotatable bonds is 8. The highest BCUT2D eigenvalue weighted by atomic mass is 32.3. The van der Waals surface area contributed by atoms with E-state index >= 15 is 0 Å². The van der Waals surface area contributed by atoms with Gasteiger partial charge in [-0.15, -0.1) is 0 Å². The number of Topliss-reactive ketones (excluding diaryl/α,β-unsaturated/α-hetero) is 3. The van der Waals surface area contributed by atoms with E-state index in [1.165, 1.54) is 14.2 Å². The summed E-state index contributed by atoms with van der Waals surface area (Å²) < 4.78 is 66.7. The highest BCUT2D eigenvalue weighted by Crippen LogP contribution is 2.38. The minimum absolute atomic E-state index is 0.00900. The molecule has 0 aromatic heterocycles. The number of amides is 1. The SMILES string of the molecule is COC1CC2CCC(C)[C@@](O)(O2)C(=O)C(=O)N2CCCCC2C(=O)OC(C(C)CC2CCC(OS(=O)(=O)O)C(OC)C2)CC(=O)C(C)C=C(C)C(O)C(OC)C(=O)C(C)CC(C)C=CC=CC=C1C. The van der Waals surface area contributed by atoms with Crippen molar-refractivity contribution in [1.29, 1.82) is 0 Å². The molecule has 3 fully saturated rings. The van der Waals surface area contributed by atoms with Gasteiger partial charge in [0.1, 0.15) is 36.2 Å². The third-order valence-corrected chi connectivity index (χ3v) is 15.2. The minimum Gasteiger partial charge on any atom is -0.460 e. The molecule has 1 amide bonds. The van der Waals surface area contributed by atoms with E-state index in [1.807, 2.05) is 51.2 Å². The quantitative estimate of drug-likeness (QED) is 0.109. The highest BCUT2D eigenvalue weighted by Gasteiger charge is 2.53. The van der Waals surface area contributed by atoms with Crippen molar-refractivity contribution in [3.05, 3.63) is 47.6 Å². The van der Waals surface area contributed by atoms with Gasteiger partial charge in [0.05, 0.1) is 18.3 Å². The first-order valence-corrected chi connectivity index (χ1v) is 25.9. The Morgan fingerprint density at radius 2 is 1.57 bits per heavy atom. The van der Waals surface area contributed by atoms with Crippen LogP contribution in [0.15, 0.2) is 47.6 Å². The number of carbonyl (C=O) groups is 5. The van der Waals surface area contributed by atoms with E-state index in [0.717, 1.165) is 10.5 Å². The van der Waals surface area contributed by atoms with Gasteiger partial charge < -0.3 is 38.8 Å². The summed E-state index contributed by atoms with van der Waals surface area (Å²) in [5, 5.41) is 23.4. The summed E-state index contributed by atoms with van der Waals surface area (Å²) in [6.07, 6.45) is 8.78. The maximum Gasteiger partial charge on any atom is 0.397 e. The third-order valence-electron chi connectivity index (χ3n) is 14.7. The predicted octanol–water partition coefficient (Wildman–Crippen LogP) is 6.01. The fourth-order valence-electron chi connectivity index (χ4n) is 10.4. The summed E-state index contributed by atoms with van der Waals surface area (Å²) in [4.78, 5) is 72.0. The molecule has 3 heterocycles. The van der Waals surface area contributed by atoms with Crippen LogP contribution in [0.2, 0.25) is 0 Å². The lowest BCUT2D eigenvalue weighted by Gasteiger charge is -2.42. The van der Waals surface area contributed by atoms with Crippen molar-refractivity contribution >= 4 is 39.6 Å². The number of hydrogen-bond donors (Lipinski definition) is 3. The third kappa shape index (κ3) is 16.0. The number of piperidine rings is 1. The normalized spacial score (nSPS) is 36.6. The minimum atomic E-state index is -4.74. The molecular formula is C51H79NO16S. The number of methoxy groups -OCH3 is 3. The molecule has 2 saturated heterocycles. The van der Waals surface area contributed by atoms with E-state index in [0.29, 0.717) is 56.9 Å². The molecule has 18 heteroatoms. The van der Waals surface area contributed by atoms with E-state index in [9.17, 15) is 47.2 Å². The van der Waals surface area contributed by atoms with Crippen molar-refractivity contribution < 1.29 is 75.0 Å². The highest BCUT2D eigenvalue weighted by molar-refractivity contribution is 7.80. The van der Waals surface area contributed by atoms with Crippen molar-refractivity contribution in [2.75, 3.05) is 27.9 Å². The lowest BCUT2D eigenvalue weighted by atomic mass is 9.78. The van der Waals surface area contributed by atoms with Crippen LogP contribution in [-0.4, -0.2) is 140 Å². The smallest absolute Gasteiger partial charge is 0.397 e. The van der Waals surface area contributed by atoms with Gasteiger partial charge in [0.2, 0.25) is 5.79 Å². The Bertz CT molecular complexity index is 2020. The molecule has 69 heavy (non-hydrogen) atoms. The second kappa shape index (κ2) is 26.3. The summed E-state index contributed by atoms with van der Waals surface area (Å²) in [7, 11) is -0.421. The Kier molecular flexibility index (Phi) is 22.1. The number of ether oxygens (including phenoxy) is 5. The number of aliphatic hydroxyl groups is 2. The summed E-state index contributed by atoms with van der Waals surface area (Å²) >= 11 is 0. The molecule has 1 aliphatic carbocycles. The molecule has 2 bridgehead atoms. The van der Waals surface area contributed by atoms with Crippen molar-refractivity contribution in [3.8, 4) is 0 Å². The Balaban J connectivity index is 1.71. The van der Waals surface area contributed by atoms with Gasteiger partial charge in [-0.1, -0.05) is 71.1 Å². The second-order valence-electron chi connectivity index (χ2n) is 20.1. The number of hydrogen-bond acceptors (Lipinski definition) is 15. The maximum absolute atomic E-state index is 14.4. The molecule has 0 aromatic carbocycles. The van der Waals surface area contributed by atoms with Gasteiger partial charge in [-0.2, -0.15) is 8.42 Å². The van der Waals surface area contributed by atoms with E-state index in [1.54, 1.807) is 40.9 Å². The number of nitrogens with zero attached hydrogens (tertiary/aromatic N) is 1. The number of cyclic esters (lactones) is 1. The largest absolute Gasteiger partial charge is 0.460 e. The molecule has 4 rings (SSSR count). The van der Waals surface area contributed by atoms with Gasteiger partial charge in [-0.05, 0) is 107 Å². The van der Waals surface area contributed by atoms with E-state index in [4.69, 9.17) is 27.9 Å². The summed E-state index contributed by atoms with van der Waals surface area (Å²) in [6.45, 7) is 12.4. The van der Waals surface area contributed by atoms with Gasteiger partial charge in [-0.25, -0.2) is 8.98 Å². The average Bonchev–Trinajstić information content (AvgIpc) is 3.30. The lowest BCUT2D eigenvalue weighted by Crippen LogP contribution is -2.61. The number of esters is 1. The fourth-order valence-corrected chi connectivity index (χ4v) is 10.9. The van der Waals surface area contributed by atoms with Gasteiger partial charge >= 0.3 is 16.4 Å². The first-order valence-electron chi connectivity index (χ1n) is 24.6. The van der Waals surface area contributed by atoms with Crippen LogP contribution in [0.4, 0.5) is 0 Å². The molecule has 1 saturated carbocycles. The number of ketones is 3. The zero-order chi connectivity index (χ0) is 51.4. The second-order valence-corrected chi connectivity index (χ2v) is 21.1. The molecule has 0 radical (unpaired) electrons. The molecule has 3 N–H and O–H groups in total. The van der Waals surface area contributed by atoms with Crippen molar-refractivity contribution in [3.63, 3.8) is 0 Å². The van der Waals surface area contributed by atoms with Crippen LogP contribution in [0.3, 0.4) is 0 Å². The Morgan fingerprint density at radius 1 is 0.855 bits per heavy atom. The maximum atomic E-state index is 14.4. The topological polar surface area (TPSA) is 239 Å². The van der Waals surface area contributed by atoms with Crippen LogP contribution in [0.25, 0.3) is 0 Å². The predicted molar refractivity (Wildman–Crippen MR) is 256 cm³/mol. The number of aliphatic hydroxyl groups excluding tert-OH is 1. The van der Waals surface area contributed by atoms with Gasteiger partial charge in [0.25, 0.3) is 11.7 Å². The van der Waals surface area contributed by atoms with Gasteiger partial charge in [-0.3, -0.25) is 23.7 Å². The Hall–Kier alpha value is -3.46.